The summed E-state index contributed by atoms with van der Waals surface area (Å²) in [6.07, 6.45) is 4.14. The summed E-state index contributed by atoms with van der Waals surface area (Å²) >= 11 is 0. The fourth-order valence-electron chi connectivity index (χ4n) is 2.02. The molecular weight excluding hydrogens is 192 g/mol. The van der Waals surface area contributed by atoms with E-state index >= 15 is 0 Å². The molecule has 1 saturated heterocycles. The Labute approximate surface area is 89.7 Å². The SMILES string of the molecule is Cn1cc(CN2CCC(CO)CC2)nn1. The Balaban J connectivity index is 1.82. The summed E-state index contributed by atoms with van der Waals surface area (Å²) in [5.74, 6) is 0.503. The van der Waals surface area contributed by atoms with Gasteiger partial charge in [-0.2, -0.15) is 0 Å². The number of nitrogens with zero attached hydrogens (tertiary/aromatic N) is 4. The zero-order valence-electron chi connectivity index (χ0n) is 9.13. The van der Waals surface area contributed by atoms with Gasteiger partial charge < -0.3 is 5.11 Å². The summed E-state index contributed by atoms with van der Waals surface area (Å²) < 4.78 is 1.73. The number of hydrogen-bond acceptors (Lipinski definition) is 4. The Kier molecular flexibility index (Phi) is 3.33. The van der Waals surface area contributed by atoms with E-state index in [0.717, 1.165) is 38.2 Å². The monoisotopic (exact) mass is 210 g/mol. The van der Waals surface area contributed by atoms with Gasteiger partial charge >= 0.3 is 0 Å². The number of aliphatic hydroxyl groups excluding tert-OH is 1. The van der Waals surface area contributed by atoms with E-state index in [1.165, 1.54) is 0 Å². The molecule has 0 aliphatic carbocycles. The van der Waals surface area contributed by atoms with E-state index < -0.39 is 0 Å². The number of piperidine rings is 1. The van der Waals surface area contributed by atoms with Crippen molar-refractivity contribution in [3.05, 3.63) is 11.9 Å². The largest absolute Gasteiger partial charge is 0.396 e. The molecule has 84 valence electrons. The lowest BCUT2D eigenvalue weighted by molar-refractivity contribution is 0.126. The lowest BCUT2D eigenvalue weighted by atomic mass is 9.98. The molecule has 0 aromatic carbocycles. The van der Waals surface area contributed by atoms with Gasteiger partial charge in [-0.25, -0.2) is 0 Å². The third-order valence-electron chi connectivity index (χ3n) is 3.00. The van der Waals surface area contributed by atoms with Crippen LogP contribution in [0.2, 0.25) is 0 Å². The number of likely N-dealkylation sites (tertiary alicyclic amines) is 1. The Morgan fingerprint density at radius 2 is 2.20 bits per heavy atom. The van der Waals surface area contributed by atoms with Crippen molar-refractivity contribution < 1.29 is 5.11 Å². The fraction of sp³-hybridized carbons (Fsp3) is 0.800. The molecule has 2 rings (SSSR count). The van der Waals surface area contributed by atoms with Crippen LogP contribution in [-0.4, -0.2) is 44.7 Å². The van der Waals surface area contributed by atoms with Crippen LogP contribution in [0.4, 0.5) is 0 Å². The van der Waals surface area contributed by atoms with Crippen molar-refractivity contribution in [3.63, 3.8) is 0 Å². The topological polar surface area (TPSA) is 54.2 Å². The summed E-state index contributed by atoms with van der Waals surface area (Å²) in [5, 5.41) is 17.0. The normalized spacial score (nSPS) is 19.6. The van der Waals surface area contributed by atoms with E-state index in [1.54, 1.807) is 4.68 Å². The first kappa shape index (κ1) is 10.6. The molecule has 5 heteroatoms. The predicted octanol–water partition coefficient (Wildman–Crippen LogP) is 0.0194. The van der Waals surface area contributed by atoms with Crippen LogP contribution in [0.5, 0.6) is 0 Å². The van der Waals surface area contributed by atoms with Crippen molar-refractivity contribution >= 4 is 0 Å². The van der Waals surface area contributed by atoms with E-state index in [0.29, 0.717) is 12.5 Å². The molecule has 0 radical (unpaired) electrons. The van der Waals surface area contributed by atoms with Gasteiger partial charge in [0.1, 0.15) is 0 Å². The van der Waals surface area contributed by atoms with E-state index in [1.807, 2.05) is 13.2 Å². The highest BCUT2D eigenvalue weighted by Gasteiger charge is 2.18. The Morgan fingerprint density at radius 3 is 2.73 bits per heavy atom. The summed E-state index contributed by atoms with van der Waals surface area (Å²) in [7, 11) is 1.88. The third-order valence-corrected chi connectivity index (χ3v) is 3.00. The van der Waals surface area contributed by atoms with E-state index in [2.05, 4.69) is 15.2 Å². The average molecular weight is 210 g/mol. The van der Waals surface area contributed by atoms with Crippen LogP contribution in [0.1, 0.15) is 18.5 Å². The molecular formula is C10H18N4O. The number of aryl methyl sites for hydroxylation is 1. The van der Waals surface area contributed by atoms with Crippen molar-refractivity contribution in [1.29, 1.82) is 0 Å². The molecule has 0 amide bonds. The number of aliphatic hydroxyl groups is 1. The van der Waals surface area contributed by atoms with Crippen molar-refractivity contribution in [3.8, 4) is 0 Å². The second kappa shape index (κ2) is 4.72. The Morgan fingerprint density at radius 1 is 1.47 bits per heavy atom. The Bertz CT molecular complexity index is 304. The quantitative estimate of drug-likeness (QED) is 0.764. The zero-order chi connectivity index (χ0) is 10.7. The standard InChI is InChI=1S/C10H18N4O/c1-13-6-10(11-12-13)7-14-4-2-9(8-15)3-5-14/h6,9,15H,2-5,7-8H2,1H3. The first-order valence-corrected chi connectivity index (χ1v) is 5.46. The van der Waals surface area contributed by atoms with Crippen LogP contribution in [-0.2, 0) is 13.6 Å². The highest BCUT2D eigenvalue weighted by atomic mass is 16.3. The highest BCUT2D eigenvalue weighted by Crippen LogP contribution is 2.17. The molecule has 0 saturated carbocycles. The molecule has 2 heterocycles. The first-order valence-electron chi connectivity index (χ1n) is 5.46. The third kappa shape index (κ3) is 2.76. The summed E-state index contributed by atoms with van der Waals surface area (Å²) in [5.41, 5.74) is 1.03. The van der Waals surface area contributed by atoms with Crippen LogP contribution >= 0.6 is 0 Å². The number of hydrogen-bond donors (Lipinski definition) is 1. The molecule has 0 unspecified atom stereocenters. The number of aromatic nitrogens is 3. The molecule has 0 atom stereocenters. The second-order valence-electron chi connectivity index (χ2n) is 4.29. The van der Waals surface area contributed by atoms with Crippen molar-refractivity contribution in [1.82, 2.24) is 19.9 Å². The molecule has 0 spiro atoms. The maximum Gasteiger partial charge on any atom is 0.0966 e. The molecule has 1 aliphatic rings. The predicted molar refractivity (Wildman–Crippen MR) is 56.1 cm³/mol. The van der Waals surface area contributed by atoms with Crippen molar-refractivity contribution in [2.45, 2.75) is 19.4 Å². The minimum absolute atomic E-state index is 0.332. The molecule has 1 aliphatic heterocycles. The Hall–Kier alpha value is -0.940. The van der Waals surface area contributed by atoms with Gasteiger partial charge in [0.15, 0.2) is 0 Å². The lowest BCUT2D eigenvalue weighted by Gasteiger charge is -2.30. The first-order chi connectivity index (χ1) is 7.28. The highest BCUT2D eigenvalue weighted by molar-refractivity contribution is 4.92. The van der Waals surface area contributed by atoms with Crippen LogP contribution in [0.15, 0.2) is 6.20 Å². The maximum absolute atomic E-state index is 9.03. The van der Waals surface area contributed by atoms with Gasteiger partial charge in [-0.05, 0) is 31.8 Å². The van der Waals surface area contributed by atoms with Crippen LogP contribution in [0.25, 0.3) is 0 Å². The van der Waals surface area contributed by atoms with Gasteiger partial charge in [0.2, 0.25) is 0 Å². The van der Waals surface area contributed by atoms with Gasteiger partial charge in [-0.1, -0.05) is 5.21 Å². The lowest BCUT2D eigenvalue weighted by Crippen LogP contribution is -2.34. The van der Waals surface area contributed by atoms with Gasteiger partial charge in [-0.3, -0.25) is 9.58 Å². The van der Waals surface area contributed by atoms with Gasteiger partial charge in [0.25, 0.3) is 0 Å². The molecule has 1 aromatic rings. The molecule has 1 fully saturated rings. The summed E-state index contributed by atoms with van der Waals surface area (Å²) in [4.78, 5) is 2.37. The van der Waals surface area contributed by atoms with Crippen molar-refractivity contribution in [2.24, 2.45) is 13.0 Å². The fourth-order valence-corrected chi connectivity index (χ4v) is 2.02. The summed E-state index contributed by atoms with van der Waals surface area (Å²) in [6, 6.07) is 0. The molecule has 5 nitrogen and oxygen atoms in total. The van der Waals surface area contributed by atoms with Gasteiger partial charge in [-0.15, -0.1) is 5.10 Å². The number of rotatable bonds is 3. The van der Waals surface area contributed by atoms with E-state index in [9.17, 15) is 0 Å². The zero-order valence-corrected chi connectivity index (χ0v) is 9.13. The van der Waals surface area contributed by atoms with Gasteiger partial charge in [0.05, 0.1) is 5.69 Å². The van der Waals surface area contributed by atoms with Crippen LogP contribution in [0.3, 0.4) is 0 Å². The second-order valence-corrected chi connectivity index (χ2v) is 4.29. The molecule has 1 aromatic heterocycles. The van der Waals surface area contributed by atoms with Crippen LogP contribution < -0.4 is 0 Å². The average Bonchev–Trinajstić information content (AvgIpc) is 2.65. The van der Waals surface area contributed by atoms with Gasteiger partial charge in [0, 0.05) is 26.4 Å². The van der Waals surface area contributed by atoms with E-state index in [4.69, 9.17) is 5.11 Å². The molecule has 15 heavy (non-hydrogen) atoms. The van der Waals surface area contributed by atoms with Crippen LogP contribution in [0, 0.1) is 5.92 Å². The van der Waals surface area contributed by atoms with E-state index in [-0.39, 0.29) is 0 Å². The smallest absolute Gasteiger partial charge is 0.0966 e. The minimum Gasteiger partial charge on any atom is -0.396 e. The van der Waals surface area contributed by atoms with Crippen molar-refractivity contribution in [2.75, 3.05) is 19.7 Å². The minimum atomic E-state index is 0.332. The molecule has 0 bridgehead atoms. The summed E-state index contributed by atoms with van der Waals surface area (Å²) in [6.45, 7) is 3.33. The molecule has 1 N–H and O–H groups in total. The maximum atomic E-state index is 9.03.